The zero-order valence-electron chi connectivity index (χ0n) is 9.54. The molecule has 3 nitrogen and oxygen atoms in total. The van der Waals surface area contributed by atoms with Crippen molar-refractivity contribution in [2.24, 2.45) is 5.92 Å². The summed E-state index contributed by atoms with van der Waals surface area (Å²) in [6.07, 6.45) is 2.19. The van der Waals surface area contributed by atoms with Gasteiger partial charge in [0.15, 0.2) is 5.65 Å². The average molecular weight is 203 g/mol. The second-order valence-electron chi connectivity index (χ2n) is 4.22. The van der Waals surface area contributed by atoms with E-state index in [-0.39, 0.29) is 0 Å². The topological polar surface area (TPSA) is 41.6 Å². The van der Waals surface area contributed by atoms with Gasteiger partial charge in [-0.15, -0.1) is 0 Å². The second kappa shape index (κ2) is 4.01. The number of aryl methyl sites for hydroxylation is 1. The van der Waals surface area contributed by atoms with Gasteiger partial charge in [-0.1, -0.05) is 20.3 Å². The van der Waals surface area contributed by atoms with Crippen molar-refractivity contribution in [1.82, 2.24) is 15.0 Å². The van der Waals surface area contributed by atoms with Crippen LogP contribution in [-0.2, 0) is 6.42 Å². The number of hydrogen-bond acceptors (Lipinski definition) is 2. The van der Waals surface area contributed by atoms with Crippen LogP contribution in [0.4, 0.5) is 0 Å². The molecule has 0 amide bonds. The molecule has 0 aliphatic rings. The van der Waals surface area contributed by atoms with Crippen LogP contribution in [0, 0.1) is 12.8 Å². The predicted molar refractivity (Wildman–Crippen MR) is 61.8 cm³/mol. The average Bonchev–Trinajstić information content (AvgIpc) is 2.59. The number of aromatic amines is 1. The van der Waals surface area contributed by atoms with Crippen LogP contribution in [0.5, 0.6) is 0 Å². The normalized spacial score (nSPS) is 13.3. The van der Waals surface area contributed by atoms with E-state index in [4.69, 9.17) is 0 Å². The smallest absolute Gasteiger partial charge is 0.177 e. The molecule has 0 bridgehead atoms. The molecule has 0 fully saturated rings. The van der Waals surface area contributed by atoms with Crippen LogP contribution in [0.1, 0.15) is 31.8 Å². The van der Waals surface area contributed by atoms with E-state index in [0.29, 0.717) is 5.92 Å². The summed E-state index contributed by atoms with van der Waals surface area (Å²) in [7, 11) is 0. The van der Waals surface area contributed by atoms with E-state index in [1.165, 1.54) is 6.42 Å². The number of imidazole rings is 1. The van der Waals surface area contributed by atoms with Crippen LogP contribution in [0.3, 0.4) is 0 Å². The number of fused-ring (bicyclic) bond motifs is 1. The second-order valence-corrected chi connectivity index (χ2v) is 4.22. The van der Waals surface area contributed by atoms with Crippen molar-refractivity contribution in [3.63, 3.8) is 0 Å². The summed E-state index contributed by atoms with van der Waals surface area (Å²) >= 11 is 0. The number of pyridine rings is 1. The highest BCUT2D eigenvalue weighted by atomic mass is 15.0. The van der Waals surface area contributed by atoms with E-state index in [1.807, 2.05) is 19.1 Å². The molecular formula is C12H17N3. The summed E-state index contributed by atoms with van der Waals surface area (Å²) < 4.78 is 0. The zero-order valence-corrected chi connectivity index (χ0v) is 9.54. The number of hydrogen-bond donors (Lipinski definition) is 1. The Bertz CT molecular complexity index is 459. The van der Waals surface area contributed by atoms with Crippen LogP contribution in [0.25, 0.3) is 11.2 Å². The molecule has 0 radical (unpaired) electrons. The van der Waals surface area contributed by atoms with Crippen molar-refractivity contribution in [1.29, 1.82) is 0 Å². The lowest BCUT2D eigenvalue weighted by atomic mass is 10.1. The molecular weight excluding hydrogens is 186 g/mol. The van der Waals surface area contributed by atoms with Crippen molar-refractivity contribution in [2.45, 2.75) is 33.6 Å². The van der Waals surface area contributed by atoms with E-state index >= 15 is 0 Å². The maximum atomic E-state index is 4.49. The summed E-state index contributed by atoms with van der Waals surface area (Å²) in [6.45, 7) is 6.43. The third-order valence-electron chi connectivity index (χ3n) is 2.77. The molecule has 0 aliphatic carbocycles. The molecule has 80 valence electrons. The van der Waals surface area contributed by atoms with Gasteiger partial charge in [-0.05, 0) is 25.0 Å². The molecule has 15 heavy (non-hydrogen) atoms. The third kappa shape index (κ3) is 2.17. The Morgan fingerprint density at radius 2 is 2.13 bits per heavy atom. The molecule has 2 aromatic heterocycles. The van der Waals surface area contributed by atoms with Crippen molar-refractivity contribution in [3.8, 4) is 0 Å². The monoisotopic (exact) mass is 203 g/mol. The summed E-state index contributed by atoms with van der Waals surface area (Å²) in [6, 6.07) is 4.05. The molecule has 0 saturated carbocycles. The van der Waals surface area contributed by atoms with E-state index in [9.17, 15) is 0 Å². The molecule has 3 heteroatoms. The number of rotatable bonds is 3. The zero-order chi connectivity index (χ0) is 10.8. The van der Waals surface area contributed by atoms with E-state index in [1.54, 1.807) is 0 Å². The standard InChI is InChI=1S/C12H17N3/c1-4-8(2)7-11-14-10-6-5-9(3)13-12(10)15-11/h5-6,8H,4,7H2,1-3H3,(H,13,14,15). The van der Waals surface area contributed by atoms with Gasteiger partial charge in [-0.3, -0.25) is 0 Å². The quantitative estimate of drug-likeness (QED) is 0.833. The first-order chi connectivity index (χ1) is 7.19. The van der Waals surface area contributed by atoms with Gasteiger partial charge in [0.25, 0.3) is 0 Å². The largest absolute Gasteiger partial charge is 0.341 e. The SMILES string of the molecule is CCC(C)Cc1nc2nc(C)ccc2[nH]1. The molecule has 2 rings (SSSR count). The van der Waals surface area contributed by atoms with Gasteiger partial charge in [0, 0.05) is 12.1 Å². The Kier molecular flexibility index (Phi) is 2.71. The fraction of sp³-hybridized carbons (Fsp3) is 0.500. The van der Waals surface area contributed by atoms with Crippen molar-refractivity contribution >= 4 is 11.2 Å². The molecule has 0 aromatic carbocycles. The van der Waals surface area contributed by atoms with Crippen LogP contribution in [0.15, 0.2) is 12.1 Å². The van der Waals surface area contributed by atoms with Crippen molar-refractivity contribution in [3.05, 3.63) is 23.7 Å². The van der Waals surface area contributed by atoms with Crippen LogP contribution < -0.4 is 0 Å². The number of nitrogens with zero attached hydrogens (tertiary/aromatic N) is 2. The number of nitrogens with one attached hydrogen (secondary N) is 1. The fourth-order valence-corrected chi connectivity index (χ4v) is 1.61. The summed E-state index contributed by atoms with van der Waals surface area (Å²) in [5.74, 6) is 1.73. The number of aromatic nitrogens is 3. The maximum absolute atomic E-state index is 4.49. The summed E-state index contributed by atoms with van der Waals surface area (Å²) in [5.41, 5.74) is 2.90. The first-order valence-corrected chi connectivity index (χ1v) is 5.51. The molecule has 0 saturated heterocycles. The Hall–Kier alpha value is -1.38. The Balaban J connectivity index is 2.30. The van der Waals surface area contributed by atoms with Gasteiger partial charge >= 0.3 is 0 Å². The van der Waals surface area contributed by atoms with Crippen molar-refractivity contribution in [2.75, 3.05) is 0 Å². The van der Waals surface area contributed by atoms with E-state index in [2.05, 4.69) is 28.8 Å². The van der Waals surface area contributed by atoms with Gasteiger partial charge in [-0.25, -0.2) is 9.97 Å². The van der Waals surface area contributed by atoms with Gasteiger partial charge in [-0.2, -0.15) is 0 Å². The maximum Gasteiger partial charge on any atom is 0.177 e. The molecule has 1 N–H and O–H groups in total. The minimum Gasteiger partial charge on any atom is -0.341 e. The van der Waals surface area contributed by atoms with E-state index < -0.39 is 0 Å². The van der Waals surface area contributed by atoms with Crippen LogP contribution in [0.2, 0.25) is 0 Å². The van der Waals surface area contributed by atoms with Crippen molar-refractivity contribution < 1.29 is 0 Å². The Morgan fingerprint density at radius 1 is 1.33 bits per heavy atom. The van der Waals surface area contributed by atoms with Gasteiger partial charge < -0.3 is 4.98 Å². The molecule has 1 atom stereocenters. The van der Waals surface area contributed by atoms with Crippen LogP contribution in [-0.4, -0.2) is 15.0 Å². The Labute approximate surface area is 90.0 Å². The lowest BCUT2D eigenvalue weighted by Gasteiger charge is -2.03. The molecule has 0 aliphatic heterocycles. The fourth-order valence-electron chi connectivity index (χ4n) is 1.61. The minimum atomic E-state index is 0.673. The highest BCUT2D eigenvalue weighted by Gasteiger charge is 2.07. The molecule has 2 aromatic rings. The predicted octanol–water partition coefficient (Wildman–Crippen LogP) is 2.85. The van der Waals surface area contributed by atoms with Gasteiger partial charge in [0.2, 0.25) is 0 Å². The molecule has 0 spiro atoms. The lowest BCUT2D eigenvalue weighted by molar-refractivity contribution is 0.547. The minimum absolute atomic E-state index is 0.673. The first kappa shape index (κ1) is 10.1. The van der Waals surface area contributed by atoms with Gasteiger partial charge in [0.1, 0.15) is 5.82 Å². The van der Waals surface area contributed by atoms with Crippen LogP contribution >= 0.6 is 0 Å². The third-order valence-corrected chi connectivity index (χ3v) is 2.77. The number of H-pyrrole nitrogens is 1. The summed E-state index contributed by atoms with van der Waals surface area (Å²) in [4.78, 5) is 12.2. The highest BCUT2D eigenvalue weighted by molar-refractivity contribution is 5.70. The molecule has 2 heterocycles. The highest BCUT2D eigenvalue weighted by Crippen LogP contribution is 2.13. The lowest BCUT2D eigenvalue weighted by Crippen LogP contribution is -1.99. The van der Waals surface area contributed by atoms with Gasteiger partial charge in [0.05, 0.1) is 5.52 Å². The Morgan fingerprint density at radius 3 is 2.87 bits per heavy atom. The van der Waals surface area contributed by atoms with E-state index in [0.717, 1.165) is 29.1 Å². The first-order valence-electron chi connectivity index (χ1n) is 5.51. The molecule has 1 unspecified atom stereocenters. The summed E-state index contributed by atoms with van der Waals surface area (Å²) in [5, 5.41) is 0.